The van der Waals surface area contributed by atoms with Gasteiger partial charge in [-0.15, -0.1) is 0 Å². The van der Waals surface area contributed by atoms with Gasteiger partial charge in [-0.25, -0.2) is 4.98 Å². The van der Waals surface area contributed by atoms with E-state index in [1.165, 1.54) is 0 Å². The maximum Gasteiger partial charge on any atom is 0.308 e. The number of pyridine rings is 1. The number of likely N-dealkylation sites (tertiary alicyclic amines) is 1. The van der Waals surface area contributed by atoms with Crippen molar-refractivity contribution in [1.82, 2.24) is 14.3 Å². The summed E-state index contributed by atoms with van der Waals surface area (Å²) >= 11 is 0. The van der Waals surface area contributed by atoms with Crippen molar-refractivity contribution >= 4 is 11.6 Å². The number of aromatic nitrogens is 2. The molecule has 5 heteroatoms. The average Bonchev–Trinajstić information content (AvgIpc) is 2.92. The summed E-state index contributed by atoms with van der Waals surface area (Å²) in [6, 6.07) is 5.90. The number of fused-ring (bicyclic) bond motifs is 1. The summed E-state index contributed by atoms with van der Waals surface area (Å²) in [7, 11) is 0. The highest BCUT2D eigenvalue weighted by atomic mass is 16.4. The van der Waals surface area contributed by atoms with Crippen LogP contribution in [-0.2, 0) is 11.3 Å². The molecular formula is C14H17N3O2. The quantitative estimate of drug-likeness (QED) is 0.907. The molecule has 5 nitrogen and oxygen atoms in total. The van der Waals surface area contributed by atoms with Crippen LogP contribution in [0.4, 0.5) is 0 Å². The summed E-state index contributed by atoms with van der Waals surface area (Å²) in [6.07, 6.45) is 3.98. The first-order valence-corrected chi connectivity index (χ1v) is 6.51. The van der Waals surface area contributed by atoms with Crippen molar-refractivity contribution in [2.75, 3.05) is 13.1 Å². The summed E-state index contributed by atoms with van der Waals surface area (Å²) < 4.78 is 1.99. The highest BCUT2D eigenvalue weighted by molar-refractivity contribution is 5.71. The van der Waals surface area contributed by atoms with Crippen molar-refractivity contribution in [1.29, 1.82) is 0 Å². The molecule has 2 aromatic rings. The lowest BCUT2D eigenvalue weighted by Gasteiger charge is -2.12. The van der Waals surface area contributed by atoms with Crippen molar-refractivity contribution in [2.45, 2.75) is 13.5 Å². The molecule has 100 valence electrons. The van der Waals surface area contributed by atoms with Crippen LogP contribution in [0.1, 0.15) is 12.6 Å². The number of hydrogen-bond acceptors (Lipinski definition) is 3. The Labute approximate surface area is 111 Å². The fourth-order valence-electron chi connectivity index (χ4n) is 2.81. The van der Waals surface area contributed by atoms with E-state index in [9.17, 15) is 4.79 Å². The zero-order chi connectivity index (χ0) is 13.4. The third-order valence-electron chi connectivity index (χ3n) is 3.80. The van der Waals surface area contributed by atoms with Gasteiger partial charge in [0.05, 0.1) is 11.6 Å². The largest absolute Gasteiger partial charge is 0.481 e. The van der Waals surface area contributed by atoms with E-state index in [0.717, 1.165) is 24.4 Å². The highest BCUT2D eigenvalue weighted by Gasteiger charge is 2.34. The minimum Gasteiger partial charge on any atom is -0.481 e. The highest BCUT2D eigenvalue weighted by Crippen LogP contribution is 2.24. The molecule has 0 amide bonds. The van der Waals surface area contributed by atoms with Crippen molar-refractivity contribution in [3.63, 3.8) is 0 Å². The van der Waals surface area contributed by atoms with Gasteiger partial charge >= 0.3 is 5.97 Å². The Kier molecular flexibility index (Phi) is 2.98. The second kappa shape index (κ2) is 4.66. The number of imidazole rings is 1. The first-order chi connectivity index (χ1) is 9.13. The Balaban J connectivity index is 1.74. The second-order valence-corrected chi connectivity index (χ2v) is 5.31. The first-order valence-electron chi connectivity index (χ1n) is 6.51. The van der Waals surface area contributed by atoms with Gasteiger partial charge in [0.25, 0.3) is 0 Å². The van der Waals surface area contributed by atoms with Crippen LogP contribution in [0.15, 0.2) is 30.6 Å². The summed E-state index contributed by atoms with van der Waals surface area (Å²) in [4.78, 5) is 17.8. The molecule has 0 bridgehead atoms. The summed E-state index contributed by atoms with van der Waals surface area (Å²) in [5.74, 6) is -0.739. The van der Waals surface area contributed by atoms with Crippen molar-refractivity contribution < 1.29 is 9.90 Å². The zero-order valence-electron chi connectivity index (χ0n) is 10.9. The molecule has 3 heterocycles. The SMILES string of the molecule is C[C@@H]1CN(Cc2cn3ccccc3n2)C[C@H]1C(=O)O. The number of carboxylic acid groups (broad SMARTS) is 1. The van der Waals surface area contributed by atoms with Crippen LogP contribution in [0.3, 0.4) is 0 Å². The molecular weight excluding hydrogens is 242 g/mol. The van der Waals surface area contributed by atoms with E-state index in [2.05, 4.69) is 9.88 Å². The Morgan fingerprint density at radius 3 is 3.00 bits per heavy atom. The number of nitrogens with zero attached hydrogens (tertiary/aromatic N) is 3. The first kappa shape index (κ1) is 12.2. The van der Waals surface area contributed by atoms with Crippen molar-refractivity contribution in [3.8, 4) is 0 Å². The lowest BCUT2D eigenvalue weighted by atomic mass is 9.99. The van der Waals surface area contributed by atoms with E-state index in [1.54, 1.807) is 0 Å². The average molecular weight is 259 g/mol. The van der Waals surface area contributed by atoms with E-state index in [1.807, 2.05) is 41.9 Å². The molecule has 0 aromatic carbocycles. The van der Waals surface area contributed by atoms with E-state index in [4.69, 9.17) is 5.11 Å². The van der Waals surface area contributed by atoms with Crippen LogP contribution in [0.5, 0.6) is 0 Å². The predicted molar refractivity (Wildman–Crippen MR) is 70.8 cm³/mol. The van der Waals surface area contributed by atoms with Crippen LogP contribution in [0, 0.1) is 11.8 Å². The molecule has 0 saturated carbocycles. The van der Waals surface area contributed by atoms with Gasteiger partial charge in [0.1, 0.15) is 5.65 Å². The third kappa shape index (κ3) is 2.33. The van der Waals surface area contributed by atoms with Gasteiger partial charge in [-0.1, -0.05) is 13.0 Å². The number of aliphatic carboxylic acids is 1. The van der Waals surface area contributed by atoms with Gasteiger partial charge in [-0.3, -0.25) is 9.69 Å². The summed E-state index contributed by atoms with van der Waals surface area (Å²) in [6.45, 7) is 4.16. The maximum atomic E-state index is 11.1. The fraction of sp³-hybridized carbons (Fsp3) is 0.429. The molecule has 2 aromatic heterocycles. The Morgan fingerprint density at radius 1 is 1.47 bits per heavy atom. The topological polar surface area (TPSA) is 57.8 Å². The van der Waals surface area contributed by atoms with Crippen LogP contribution >= 0.6 is 0 Å². The van der Waals surface area contributed by atoms with Crippen LogP contribution in [-0.4, -0.2) is 38.4 Å². The van der Waals surface area contributed by atoms with Crippen LogP contribution in [0.25, 0.3) is 5.65 Å². The molecule has 1 saturated heterocycles. The zero-order valence-corrected chi connectivity index (χ0v) is 10.9. The molecule has 1 aliphatic heterocycles. The summed E-state index contributed by atoms with van der Waals surface area (Å²) in [5.41, 5.74) is 1.92. The molecule has 1 N–H and O–H groups in total. The van der Waals surface area contributed by atoms with Gasteiger partial charge in [0.2, 0.25) is 0 Å². The van der Waals surface area contributed by atoms with Crippen molar-refractivity contribution in [3.05, 3.63) is 36.3 Å². The van der Waals surface area contributed by atoms with E-state index in [0.29, 0.717) is 6.54 Å². The number of hydrogen-bond donors (Lipinski definition) is 1. The standard InChI is InChI=1S/C14H17N3O2/c1-10-6-16(9-12(10)14(18)19)7-11-8-17-5-3-2-4-13(17)15-11/h2-5,8,10,12H,6-7,9H2,1H3,(H,18,19)/t10-,12-/m1/s1. The maximum absolute atomic E-state index is 11.1. The van der Waals surface area contributed by atoms with Gasteiger partial charge in [-0.2, -0.15) is 0 Å². The molecule has 0 unspecified atom stereocenters. The van der Waals surface area contributed by atoms with E-state index in [-0.39, 0.29) is 11.8 Å². The number of carbonyl (C=O) groups is 1. The predicted octanol–water partition coefficient (Wildman–Crippen LogP) is 1.49. The van der Waals surface area contributed by atoms with Gasteiger partial charge in [-0.05, 0) is 18.1 Å². The molecule has 1 fully saturated rings. The van der Waals surface area contributed by atoms with Crippen molar-refractivity contribution in [2.24, 2.45) is 11.8 Å². The Hall–Kier alpha value is -1.88. The Morgan fingerprint density at radius 2 is 2.32 bits per heavy atom. The van der Waals surface area contributed by atoms with Gasteiger partial charge < -0.3 is 9.51 Å². The number of carboxylic acids is 1. The molecule has 3 rings (SSSR count). The molecule has 0 aliphatic carbocycles. The molecule has 1 aliphatic rings. The minimum absolute atomic E-state index is 0.203. The lowest BCUT2D eigenvalue weighted by molar-refractivity contribution is -0.142. The van der Waals surface area contributed by atoms with Gasteiger partial charge in [0.15, 0.2) is 0 Å². The molecule has 19 heavy (non-hydrogen) atoms. The summed E-state index contributed by atoms with van der Waals surface area (Å²) in [5, 5.41) is 9.14. The van der Waals surface area contributed by atoms with Crippen LogP contribution < -0.4 is 0 Å². The van der Waals surface area contributed by atoms with E-state index < -0.39 is 5.97 Å². The monoisotopic (exact) mass is 259 g/mol. The minimum atomic E-state index is -0.690. The Bertz CT molecular complexity index is 575. The second-order valence-electron chi connectivity index (χ2n) is 5.31. The van der Waals surface area contributed by atoms with Gasteiger partial charge in [0, 0.05) is 32.0 Å². The smallest absolute Gasteiger partial charge is 0.308 e. The normalized spacial score (nSPS) is 24.1. The van der Waals surface area contributed by atoms with E-state index >= 15 is 0 Å². The fourth-order valence-corrected chi connectivity index (χ4v) is 2.81. The lowest BCUT2D eigenvalue weighted by Crippen LogP contribution is -2.23. The number of rotatable bonds is 3. The molecule has 0 radical (unpaired) electrons. The van der Waals surface area contributed by atoms with Crippen LogP contribution in [0.2, 0.25) is 0 Å². The molecule has 0 spiro atoms. The third-order valence-corrected chi connectivity index (χ3v) is 3.80. The molecule has 2 atom stereocenters.